The highest BCUT2D eigenvalue weighted by Gasteiger charge is 2.36. The minimum absolute atomic E-state index is 0. The van der Waals surface area contributed by atoms with E-state index in [9.17, 15) is 8.42 Å². The summed E-state index contributed by atoms with van der Waals surface area (Å²) in [6.07, 6.45) is 6.89. The van der Waals surface area contributed by atoms with Crippen LogP contribution < -0.4 is 10.6 Å². The molecule has 1 aromatic rings. The van der Waals surface area contributed by atoms with E-state index in [-0.39, 0.29) is 24.0 Å². The van der Waals surface area contributed by atoms with E-state index in [4.69, 9.17) is 4.74 Å². The Morgan fingerprint density at radius 1 is 1.22 bits per heavy atom. The highest BCUT2D eigenvalue weighted by molar-refractivity contribution is 14.0. The van der Waals surface area contributed by atoms with Gasteiger partial charge in [0.1, 0.15) is 0 Å². The Morgan fingerprint density at radius 2 is 1.89 bits per heavy atom. The quantitative estimate of drug-likeness (QED) is 0.304. The average molecular weight is 509 g/mol. The normalized spacial score (nSPS) is 16.2. The van der Waals surface area contributed by atoms with Gasteiger partial charge < -0.3 is 15.4 Å². The molecule has 1 aliphatic carbocycles. The molecule has 0 unspecified atom stereocenters. The predicted molar refractivity (Wildman–Crippen MR) is 121 cm³/mol. The van der Waals surface area contributed by atoms with Crippen molar-refractivity contribution < 1.29 is 13.2 Å². The molecule has 0 amide bonds. The van der Waals surface area contributed by atoms with Gasteiger partial charge in [0.2, 0.25) is 0 Å². The lowest BCUT2D eigenvalue weighted by atomic mass is 9.67. The zero-order valence-corrected chi connectivity index (χ0v) is 19.6. The van der Waals surface area contributed by atoms with Gasteiger partial charge in [-0.05, 0) is 48.8 Å². The Bertz CT molecular complexity index is 701. The number of rotatable bonds is 9. The zero-order chi connectivity index (χ0) is 19.0. The van der Waals surface area contributed by atoms with Gasteiger partial charge >= 0.3 is 0 Å². The Morgan fingerprint density at radius 3 is 2.37 bits per heavy atom. The second-order valence-electron chi connectivity index (χ2n) is 7.12. The molecular weight excluding hydrogens is 477 g/mol. The number of aliphatic imine (C=N–C) groups is 1. The summed E-state index contributed by atoms with van der Waals surface area (Å²) in [4.78, 5) is 4.65. The summed E-state index contributed by atoms with van der Waals surface area (Å²) in [7, 11) is 0.393. The first-order valence-corrected chi connectivity index (χ1v) is 11.0. The van der Waals surface area contributed by atoms with Crippen LogP contribution >= 0.6 is 24.0 Å². The summed E-state index contributed by atoms with van der Waals surface area (Å²) in [6, 6.07) is 7.05. The molecule has 0 spiro atoms. The first-order valence-electron chi connectivity index (χ1n) is 9.11. The SMILES string of the molecule is CN=C(NCCc1ccc(S(C)(=O)=O)cc1)NCC1(CCOC)CCC1.I. The van der Waals surface area contributed by atoms with E-state index >= 15 is 0 Å². The molecule has 0 heterocycles. The van der Waals surface area contributed by atoms with Gasteiger partial charge in [-0.25, -0.2) is 8.42 Å². The van der Waals surface area contributed by atoms with Crippen molar-refractivity contribution in [2.24, 2.45) is 10.4 Å². The first-order chi connectivity index (χ1) is 12.4. The molecule has 1 saturated carbocycles. The lowest BCUT2D eigenvalue weighted by Gasteiger charge is -2.42. The summed E-state index contributed by atoms with van der Waals surface area (Å²) in [5.74, 6) is 0.807. The second-order valence-corrected chi connectivity index (χ2v) is 9.13. The van der Waals surface area contributed by atoms with E-state index < -0.39 is 9.84 Å². The van der Waals surface area contributed by atoms with Gasteiger partial charge in [0, 0.05) is 40.1 Å². The van der Waals surface area contributed by atoms with E-state index in [1.807, 2.05) is 12.1 Å². The largest absolute Gasteiger partial charge is 0.385 e. The Balaban J connectivity index is 0.00000364. The number of nitrogens with one attached hydrogen (secondary N) is 2. The van der Waals surface area contributed by atoms with Crippen LogP contribution in [0.5, 0.6) is 0 Å². The average Bonchev–Trinajstić information content (AvgIpc) is 2.58. The maximum Gasteiger partial charge on any atom is 0.191 e. The molecule has 0 bridgehead atoms. The molecule has 2 N–H and O–H groups in total. The van der Waals surface area contributed by atoms with Crippen molar-refractivity contribution in [2.45, 2.75) is 37.0 Å². The fourth-order valence-electron chi connectivity index (χ4n) is 3.23. The lowest BCUT2D eigenvalue weighted by Crippen LogP contribution is -2.47. The maximum atomic E-state index is 11.5. The monoisotopic (exact) mass is 509 g/mol. The summed E-state index contributed by atoms with van der Waals surface area (Å²) in [6.45, 7) is 2.46. The number of hydrogen-bond donors (Lipinski definition) is 2. The number of nitrogens with zero attached hydrogens (tertiary/aromatic N) is 1. The molecule has 0 saturated heterocycles. The van der Waals surface area contributed by atoms with Crippen molar-refractivity contribution in [3.63, 3.8) is 0 Å². The molecule has 0 atom stereocenters. The fraction of sp³-hybridized carbons (Fsp3) is 0.632. The lowest BCUT2D eigenvalue weighted by molar-refractivity contribution is 0.0732. The van der Waals surface area contributed by atoms with Crippen LogP contribution in [0, 0.1) is 5.41 Å². The van der Waals surface area contributed by atoms with Crippen molar-refractivity contribution in [3.8, 4) is 0 Å². The molecule has 0 aliphatic heterocycles. The zero-order valence-electron chi connectivity index (χ0n) is 16.5. The van der Waals surface area contributed by atoms with Crippen LogP contribution in [-0.4, -0.2) is 54.5 Å². The molecule has 1 aliphatic rings. The van der Waals surface area contributed by atoms with E-state index in [1.165, 1.54) is 25.5 Å². The van der Waals surface area contributed by atoms with Gasteiger partial charge in [-0.15, -0.1) is 24.0 Å². The molecule has 1 aromatic carbocycles. The van der Waals surface area contributed by atoms with E-state index in [0.29, 0.717) is 10.3 Å². The minimum Gasteiger partial charge on any atom is -0.385 e. The van der Waals surface area contributed by atoms with E-state index in [0.717, 1.165) is 44.1 Å². The second kappa shape index (κ2) is 11.2. The smallest absolute Gasteiger partial charge is 0.191 e. The van der Waals surface area contributed by atoms with Crippen molar-refractivity contribution in [1.29, 1.82) is 0 Å². The number of halogens is 1. The molecule has 1 fully saturated rings. The molecule has 0 aromatic heterocycles. The van der Waals surface area contributed by atoms with Gasteiger partial charge in [0.05, 0.1) is 4.90 Å². The van der Waals surface area contributed by atoms with Crippen LogP contribution in [0.3, 0.4) is 0 Å². The van der Waals surface area contributed by atoms with Crippen LogP contribution in [-0.2, 0) is 21.0 Å². The third kappa shape index (κ3) is 7.57. The summed E-state index contributed by atoms with van der Waals surface area (Å²) in [5, 5.41) is 6.77. The highest BCUT2D eigenvalue weighted by atomic mass is 127. The number of hydrogen-bond acceptors (Lipinski definition) is 4. The molecule has 27 heavy (non-hydrogen) atoms. The number of sulfone groups is 1. The van der Waals surface area contributed by atoms with Crippen LogP contribution in [0.25, 0.3) is 0 Å². The minimum atomic E-state index is -3.14. The number of ether oxygens (including phenoxy) is 1. The van der Waals surface area contributed by atoms with Crippen LogP contribution in [0.2, 0.25) is 0 Å². The van der Waals surface area contributed by atoms with Gasteiger partial charge in [0.15, 0.2) is 15.8 Å². The third-order valence-electron chi connectivity index (χ3n) is 5.16. The Kier molecular flexibility index (Phi) is 10.0. The van der Waals surface area contributed by atoms with Crippen LogP contribution in [0.1, 0.15) is 31.2 Å². The molecule has 8 heteroatoms. The third-order valence-corrected chi connectivity index (χ3v) is 6.29. The van der Waals surface area contributed by atoms with Gasteiger partial charge in [0.25, 0.3) is 0 Å². The molecule has 2 rings (SSSR count). The highest BCUT2D eigenvalue weighted by Crippen LogP contribution is 2.43. The van der Waals surface area contributed by atoms with Crippen LogP contribution in [0.4, 0.5) is 0 Å². The number of guanidine groups is 1. The summed E-state index contributed by atoms with van der Waals surface area (Å²) >= 11 is 0. The van der Waals surface area contributed by atoms with Gasteiger partial charge in [-0.3, -0.25) is 4.99 Å². The fourth-order valence-corrected chi connectivity index (χ4v) is 3.86. The van der Waals surface area contributed by atoms with Crippen molar-refractivity contribution in [2.75, 3.05) is 40.1 Å². The van der Waals surface area contributed by atoms with Crippen molar-refractivity contribution in [3.05, 3.63) is 29.8 Å². The van der Waals surface area contributed by atoms with Crippen molar-refractivity contribution in [1.82, 2.24) is 10.6 Å². The van der Waals surface area contributed by atoms with E-state index in [2.05, 4.69) is 15.6 Å². The molecule has 6 nitrogen and oxygen atoms in total. The Labute approximate surface area is 180 Å². The first kappa shape index (κ1) is 24.2. The number of benzene rings is 1. The molecular formula is C19H32IN3O3S. The van der Waals surface area contributed by atoms with E-state index in [1.54, 1.807) is 26.3 Å². The van der Waals surface area contributed by atoms with Gasteiger partial charge in [-0.1, -0.05) is 18.6 Å². The van der Waals surface area contributed by atoms with Gasteiger partial charge in [-0.2, -0.15) is 0 Å². The number of methoxy groups -OCH3 is 1. The topological polar surface area (TPSA) is 79.8 Å². The summed E-state index contributed by atoms with van der Waals surface area (Å²) < 4.78 is 28.2. The Hall–Kier alpha value is -0.870. The van der Waals surface area contributed by atoms with Crippen molar-refractivity contribution >= 4 is 39.8 Å². The standard InChI is InChI=1S/C19H31N3O3S.HI/c1-20-18(22-15-19(10-4-11-19)12-14-25-2)21-13-9-16-5-7-17(8-6-16)26(3,23)24;/h5-8H,4,9-15H2,1-3H3,(H2,20,21,22);1H. The maximum absolute atomic E-state index is 11.5. The molecule has 0 radical (unpaired) electrons. The van der Waals surface area contributed by atoms with Crippen LogP contribution in [0.15, 0.2) is 34.2 Å². The molecule has 154 valence electrons. The predicted octanol–water partition coefficient (Wildman–Crippen LogP) is 2.62. The summed E-state index contributed by atoms with van der Waals surface area (Å²) in [5.41, 5.74) is 1.44.